The van der Waals surface area contributed by atoms with Crippen LogP contribution >= 0.6 is 0 Å². The first kappa shape index (κ1) is 17.9. The lowest BCUT2D eigenvalue weighted by molar-refractivity contribution is 0.600. The predicted molar refractivity (Wildman–Crippen MR) is 103 cm³/mol. The first-order valence-corrected chi connectivity index (χ1v) is 9.60. The molecule has 3 aromatic rings. The number of anilines is 3. The Bertz CT molecular complexity index is 1030. The third-order valence-electron chi connectivity index (χ3n) is 4.15. The molecule has 1 heterocycles. The second kappa shape index (κ2) is 7.13. The van der Waals surface area contributed by atoms with E-state index in [0.29, 0.717) is 11.4 Å². The minimum absolute atomic E-state index is 0.166. The van der Waals surface area contributed by atoms with Crippen molar-refractivity contribution in [1.29, 1.82) is 0 Å². The van der Waals surface area contributed by atoms with Crippen LogP contribution in [0.5, 0.6) is 0 Å². The van der Waals surface area contributed by atoms with Crippen LogP contribution in [-0.4, -0.2) is 18.6 Å². The van der Waals surface area contributed by atoms with Gasteiger partial charge in [-0.05, 0) is 61.7 Å². The normalized spacial score (nSPS) is 11.2. The van der Waals surface area contributed by atoms with Crippen molar-refractivity contribution < 1.29 is 8.42 Å². The Morgan fingerprint density at radius 1 is 0.769 bits per heavy atom. The number of rotatable bonds is 5. The fraction of sp³-hybridized carbons (Fsp3) is 0.158. The van der Waals surface area contributed by atoms with Crippen molar-refractivity contribution in [3.8, 4) is 0 Å². The Labute approximate surface area is 153 Å². The van der Waals surface area contributed by atoms with E-state index in [1.165, 1.54) is 5.56 Å². The SMILES string of the molecule is Cc1ccccc1S(=O)(=O)Nc1ccc(Nc2cccc(C)c2C)nn1. The molecule has 0 amide bonds. The Morgan fingerprint density at radius 2 is 1.42 bits per heavy atom. The van der Waals surface area contributed by atoms with Gasteiger partial charge < -0.3 is 5.32 Å². The van der Waals surface area contributed by atoms with E-state index in [1.807, 2.05) is 32.0 Å². The van der Waals surface area contributed by atoms with E-state index in [1.54, 1.807) is 43.3 Å². The average molecular weight is 368 g/mol. The fourth-order valence-electron chi connectivity index (χ4n) is 2.53. The number of aryl methyl sites for hydroxylation is 2. The molecule has 0 aliphatic rings. The van der Waals surface area contributed by atoms with Crippen LogP contribution in [-0.2, 0) is 10.0 Å². The van der Waals surface area contributed by atoms with Gasteiger partial charge in [0.05, 0.1) is 4.90 Å². The highest BCUT2D eigenvalue weighted by molar-refractivity contribution is 7.92. The zero-order valence-corrected chi connectivity index (χ0v) is 15.6. The molecule has 1 aromatic heterocycles. The quantitative estimate of drug-likeness (QED) is 0.712. The molecule has 0 aliphatic heterocycles. The van der Waals surface area contributed by atoms with E-state index in [0.717, 1.165) is 11.3 Å². The van der Waals surface area contributed by atoms with Gasteiger partial charge in [0, 0.05) is 5.69 Å². The number of aromatic nitrogens is 2. The predicted octanol–water partition coefficient (Wildman–Crippen LogP) is 3.95. The molecule has 2 N–H and O–H groups in total. The van der Waals surface area contributed by atoms with Crippen LogP contribution < -0.4 is 10.0 Å². The van der Waals surface area contributed by atoms with Crippen LogP contribution in [0.2, 0.25) is 0 Å². The summed E-state index contributed by atoms with van der Waals surface area (Å²) in [5.74, 6) is 0.706. The first-order valence-electron chi connectivity index (χ1n) is 8.12. The molecule has 6 nitrogen and oxygen atoms in total. The molecule has 7 heteroatoms. The number of hydrogen-bond donors (Lipinski definition) is 2. The zero-order chi connectivity index (χ0) is 18.7. The maximum atomic E-state index is 12.5. The monoisotopic (exact) mass is 368 g/mol. The first-order chi connectivity index (χ1) is 12.4. The Balaban J connectivity index is 1.78. The van der Waals surface area contributed by atoms with Gasteiger partial charge >= 0.3 is 0 Å². The maximum Gasteiger partial charge on any atom is 0.263 e. The second-order valence-corrected chi connectivity index (χ2v) is 7.70. The van der Waals surface area contributed by atoms with Gasteiger partial charge in [0.2, 0.25) is 0 Å². The topological polar surface area (TPSA) is 84.0 Å². The van der Waals surface area contributed by atoms with Crippen molar-refractivity contribution in [2.24, 2.45) is 0 Å². The van der Waals surface area contributed by atoms with Crippen molar-refractivity contribution >= 4 is 27.3 Å². The summed E-state index contributed by atoms with van der Waals surface area (Å²) in [6.07, 6.45) is 0. The lowest BCUT2D eigenvalue weighted by Crippen LogP contribution is -2.15. The number of sulfonamides is 1. The molecule has 134 valence electrons. The third-order valence-corrected chi connectivity index (χ3v) is 5.67. The van der Waals surface area contributed by atoms with Gasteiger partial charge in [-0.3, -0.25) is 4.72 Å². The van der Waals surface area contributed by atoms with Crippen molar-refractivity contribution in [1.82, 2.24) is 10.2 Å². The molecule has 0 unspecified atom stereocenters. The Hall–Kier alpha value is -2.93. The lowest BCUT2D eigenvalue weighted by atomic mass is 10.1. The van der Waals surface area contributed by atoms with Gasteiger partial charge in [0.25, 0.3) is 10.0 Å². The summed E-state index contributed by atoms with van der Waals surface area (Å²) in [6.45, 7) is 5.81. The Morgan fingerprint density at radius 3 is 2.12 bits per heavy atom. The molecule has 26 heavy (non-hydrogen) atoms. The highest BCUT2D eigenvalue weighted by atomic mass is 32.2. The zero-order valence-electron chi connectivity index (χ0n) is 14.8. The summed E-state index contributed by atoms with van der Waals surface area (Å²) in [6, 6.07) is 16.0. The molecular weight excluding hydrogens is 348 g/mol. The van der Waals surface area contributed by atoms with Crippen LogP contribution in [0.4, 0.5) is 17.3 Å². The van der Waals surface area contributed by atoms with Gasteiger partial charge in [-0.2, -0.15) is 0 Å². The van der Waals surface area contributed by atoms with E-state index in [4.69, 9.17) is 0 Å². The van der Waals surface area contributed by atoms with Crippen molar-refractivity contribution in [2.45, 2.75) is 25.7 Å². The number of nitrogens with zero attached hydrogens (tertiary/aromatic N) is 2. The summed E-state index contributed by atoms with van der Waals surface area (Å²) in [5, 5.41) is 11.2. The molecule has 0 saturated carbocycles. The van der Waals surface area contributed by atoms with Crippen molar-refractivity contribution in [3.05, 3.63) is 71.3 Å². The number of benzene rings is 2. The molecule has 0 saturated heterocycles. The van der Waals surface area contributed by atoms with Crippen molar-refractivity contribution in [2.75, 3.05) is 10.0 Å². The minimum Gasteiger partial charge on any atom is -0.339 e. The standard InChI is InChI=1S/C19H20N4O2S/c1-13-8-6-9-16(15(13)3)20-18-11-12-19(22-21-18)23-26(24,25)17-10-5-4-7-14(17)2/h4-12H,1-3H3,(H,20,21)(H,22,23). The van der Waals surface area contributed by atoms with Gasteiger partial charge in [-0.15, -0.1) is 10.2 Å². The highest BCUT2D eigenvalue weighted by Gasteiger charge is 2.17. The summed E-state index contributed by atoms with van der Waals surface area (Å²) in [5.41, 5.74) is 3.90. The van der Waals surface area contributed by atoms with E-state index in [-0.39, 0.29) is 10.7 Å². The average Bonchev–Trinajstić information content (AvgIpc) is 2.60. The molecule has 0 spiro atoms. The summed E-state index contributed by atoms with van der Waals surface area (Å²) < 4.78 is 27.4. The van der Waals surface area contributed by atoms with Crippen LogP contribution in [0.3, 0.4) is 0 Å². The molecule has 3 rings (SSSR count). The lowest BCUT2D eigenvalue weighted by Gasteiger charge is -2.11. The summed E-state index contributed by atoms with van der Waals surface area (Å²) >= 11 is 0. The molecular formula is C19H20N4O2S. The largest absolute Gasteiger partial charge is 0.339 e. The highest BCUT2D eigenvalue weighted by Crippen LogP contribution is 2.22. The smallest absolute Gasteiger partial charge is 0.263 e. The van der Waals surface area contributed by atoms with E-state index in [2.05, 4.69) is 20.2 Å². The van der Waals surface area contributed by atoms with E-state index in [9.17, 15) is 8.42 Å². The van der Waals surface area contributed by atoms with Crippen LogP contribution in [0.1, 0.15) is 16.7 Å². The van der Waals surface area contributed by atoms with Gasteiger partial charge in [-0.25, -0.2) is 8.42 Å². The van der Waals surface area contributed by atoms with Gasteiger partial charge in [0.15, 0.2) is 11.6 Å². The minimum atomic E-state index is -3.70. The third kappa shape index (κ3) is 3.83. The number of hydrogen-bond acceptors (Lipinski definition) is 5. The number of nitrogens with one attached hydrogen (secondary N) is 2. The molecule has 0 aliphatic carbocycles. The maximum absolute atomic E-state index is 12.5. The van der Waals surface area contributed by atoms with Gasteiger partial charge in [0.1, 0.15) is 0 Å². The van der Waals surface area contributed by atoms with E-state index >= 15 is 0 Å². The van der Waals surface area contributed by atoms with Crippen LogP contribution in [0.25, 0.3) is 0 Å². The fourth-order valence-corrected chi connectivity index (χ4v) is 3.77. The van der Waals surface area contributed by atoms with Gasteiger partial charge in [-0.1, -0.05) is 30.3 Å². The van der Waals surface area contributed by atoms with E-state index < -0.39 is 10.0 Å². The summed E-state index contributed by atoms with van der Waals surface area (Å²) in [4.78, 5) is 0.222. The molecule has 0 bridgehead atoms. The molecule has 2 aromatic carbocycles. The second-order valence-electron chi connectivity index (χ2n) is 6.05. The molecule has 0 fully saturated rings. The molecule has 0 radical (unpaired) electrons. The molecule has 0 atom stereocenters. The van der Waals surface area contributed by atoms with Crippen LogP contribution in [0.15, 0.2) is 59.5 Å². The van der Waals surface area contributed by atoms with Crippen molar-refractivity contribution in [3.63, 3.8) is 0 Å². The van der Waals surface area contributed by atoms with Crippen LogP contribution in [0, 0.1) is 20.8 Å². The summed E-state index contributed by atoms with van der Waals surface area (Å²) in [7, 11) is -3.70. The Kier molecular flexibility index (Phi) is 4.90.